The standard InChI is InChI=1S/C22H26ClN3O6S/c1-15(26(33(3,29)30)19-14-16(23)8-9-20(19)31-2)21(27)24-18-7-5-4-6-17(18)22(28)25-10-12-32-13-11-25/h4-9,14-15H,10-13H2,1-3H3,(H,24,27)/t15-/m1/s1. The highest BCUT2D eigenvalue weighted by atomic mass is 35.5. The Kier molecular flexibility index (Phi) is 7.83. The average molecular weight is 496 g/mol. The molecule has 1 fully saturated rings. The second-order valence-electron chi connectivity index (χ2n) is 7.49. The van der Waals surface area contributed by atoms with Crippen LogP contribution in [0.1, 0.15) is 17.3 Å². The number of halogens is 1. The van der Waals surface area contributed by atoms with E-state index in [-0.39, 0.29) is 28.1 Å². The van der Waals surface area contributed by atoms with Crippen LogP contribution in [-0.2, 0) is 19.6 Å². The molecule has 1 atom stereocenters. The van der Waals surface area contributed by atoms with Gasteiger partial charge in [0.25, 0.3) is 5.91 Å². The Morgan fingerprint density at radius 1 is 1.18 bits per heavy atom. The number of morpholine rings is 1. The molecular weight excluding hydrogens is 470 g/mol. The van der Waals surface area contributed by atoms with Gasteiger partial charge < -0.3 is 19.7 Å². The summed E-state index contributed by atoms with van der Waals surface area (Å²) in [6.07, 6.45) is 0.993. The Morgan fingerprint density at radius 2 is 1.85 bits per heavy atom. The summed E-state index contributed by atoms with van der Waals surface area (Å²) in [4.78, 5) is 27.8. The summed E-state index contributed by atoms with van der Waals surface area (Å²) >= 11 is 6.08. The van der Waals surface area contributed by atoms with Gasteiger partial charge in [-0.05, 0) is 37.3 Å². The highest BCUT2D eigenvalue weighted by Gasteiger charge is 2.32. The van der Waals surface area contributed by atoms with Gasteiger partial charge in [0.05, 0.1) is 43.5 Å². The monoisotopic (exact) mass is 495 g/mol. The van der Waals surface area contributed by atoms with Crippen LogP contribution < -0.4 is 14.4 Å². The minimum atomic E-state index is -3.90. The Balaban J connectivity index is 1.91. The number of hydrogen-bond donors (Lipinski definition) is 1. The van der Waals surface area contributed by atoms with Gasteiger partial charge in [0.2, 0.25) is 15.9 Å². The number of nitrogens with zero attached hydrogens (tertiary/aromatic N) is 2. The van der Waals surface area contributed by atoms with Gasteiger partial charge in [-0.25, -0.2) is 8.42 Å². The Bertz CT molecular complexity index is 1130. The number of ether oxygens (including phenoxy) is 2. The van der Waals surface area contributed by atoms with Gasteiger partial charge in [0, 0.05) is 18.1 Å². The molecule has 0 aliphatic carbocycles. The maximum absolute atomic E-state index is 13.2. The molecule has 0 unspecified atom stereocenters. The highest BCUT2D eigenvalue weighted by molar-refractivity contribution is 7.92. The lowest BCUT2D eigenvalue weighted by Gasteiger charge is -2.30. The number of sulfonamides is 1. The summed E-state index contributed by atoms with van der Waals surface area (Å²) in [5, 5.41) is 2.99. The maximum atomic E-state index is 13.2. The van der Waals surface area contributed by atoms with E-state index >= 15 is 0 Å². The lowest BCUT2D eigenvalue weighted by Crippen LogP contribution is -2.46. The maximum Gasteiger partial charge on any atom is 0.256 e. The van der Waals surface area contributed by atoms with E-state index in [0.717, 1.165) is 10.6 Å². The first-order chi connectivity index (χ1) is 15.6. The molecule has 2 aromatic rings. The molecule has 33 heavy (non-hydrogen) atoms. The summed E-state index contributed by atoms with van der Waals surface area (Å²) < 4.78 is 36.9. The number of nitrogens with one attached hydrogen (secondary N) is 1. The van der Waals surface area contributed by atoms with Crippen molar-refractivity contribution in [3.05, 3.63) is 53.1 Å². The van der Waals surface area contributed by atoms with Crippen LogP contribution in [0.5, 0.6) is 5.75 Å². The third-order valence-electron chi connectivity index (χ3n) is 5.18. The summed E-state index contributed by atoms with van der Waals surface area (Å²) in [6.45, 7) is 3.25. The quantitative estimate of drug-likeness (QED) is 0.633. The van der Waals surface area contributed by atoms with E-state index in [2.05, 4.69) is 5.32 Å². The predicted octanol–water partition coefficient (Wildman–Crippen LogP) is 2.61. The highest BCUT2D eigenvalue weighted by Crippen LogP contribution is 2.34. The molecule has 1 aliphatic rings. The number of benzene rings is 2. The molecule has 11 heteroatoms. The molecule has 0 spiro atoms. The molecule has 2 aromatic carbocycles. The van der Waals surface area contributed by atoms with E-state index in [1.807, 2.05) is 0 Å². The predicted molar refractivity (Wildman–Crippen MR) is 127 cm³/mol. The summed E-state index contributed by atoms with van der Waals surface area (Å²) in [5.74, 6) is -0.615. The number of anilines is 2. The number of carbonyl (C=O) groups is 2. The normalized spacial score (nSPS) is 15.0. The van der Waals surface area contributed by atoms with Gasteiger partial charge in [-0.1, -0.05) is 23.7 Å². The lowest BCUT2D eigenvalue weighted by atomic mass is 10.1. The van der Waals surface area contributed by atoms with Gasteiger partial charge in [0.15, 0.2) is 0 Å². The van der Waals surface area contributed by atoms with E-state index in [4.69, 9.17) is 21.1 Å². The topological polar surface area (TPSA) is 105 Å². The fourth-order valence-electron chi connectivity index (χ4n) is 3.57. The van der Waals surface area contributed by atoms with Crippen LogP contribution in [0.15, 0.2) is 42.5 Å². The van der Waals surface area contributed by atoms with Crippen LogP contribution in [0.3, 0.4) is 0 Å². The third-order valence-corrected chi connectivity index (χ3v) is 6.64. The van der Waals surface area contributed by atoms with E-state index in [1.165, 1.54) is 26.2 Å². The zero-order chi connectivity index (χ0) is 24.2. The second kappa shape index (κ2) is 10.4. The molecule has 178 valence electrons. The van der Waals surface area contributed by atoms with E-state index in [0.29, 0.717) is 31.9 Å². The first-order valence-electron chi connectivity index (χ1n) is 10.2. The van der Waals surface area contributed by atoms with Gasteiger partial charge in [-0.3, -0.25) is 13.9 Å². The summed E-state index contributed by atoms with van der Waals surface area (Å²) in [7, 11) is -2.51. The second-order valence-corrected chi connectivity index (χ2v) is 9.79. The van der Waals surface area contributed by atoms with Crippen molar-refractivity contribution in [3.8, 4) is 5.75 Å². The third kappa shape index (κ3) is 5.76. The van der Waals surface area contributed by atoms with Crippen molar-refractivity contribution in [1.29, 1.82) is 0 Å². The van der Waals surface area contributed by atoms with Crippen molar-refractivity contribution in [2.24, 2.45) is 0 Å². The van der Waals surface area contributed by atoms with Crippen molar-refractivity contribution >= 4 is 44.8 Å². The Labute approximate surface area is 198 Å². The van der Waals surface area contributed by atoms with Crippen LogP contribution in [-0.4, -0.2) is 70.8 Å². The van der Waals surface area contributed by atoms with E-state index < -0.39 is 22.0 Å². The summed E-state index contributed by atoms with van der Waals surface area (Å²) in [6, 6.07) is 9.94. The Hall–Kier alpha value is -2.82. The number of para-hydroxylation sites is 1. The van der Waals surface area contributed by atoms with Crippen LogP contribution in [0.4, 0.5) is 11.4 Å². The molecule has 1 saturated heterocycles. The van der Waals surface area contributed by atoms with Crippen LogP contribution in [0.2, 0.25) is 5.02 Å². The molecule has 1 aliphatic heterocycles. The first-order valence-corrected chi connectivity index (χ1v) is 12.5. The van der Waals surface area contributed by atoms with Gasteiger partial charge in [-0.15, -0.1) is 0 Å². The van der Waals surface area contributed by atoms with Crippen molar-refractivity contribution in [3.63, 3.8) is 0 Å². The Morgan fingerprint density at radius 3 is 2.48 bits per heavy atom. The van der Waals surface area contributed by atoms with E-state index in [9.17, 15) is 18.0 Å². The SMILES string of the molecule is COc1ccc(Cl)cc1N([C@H](C)C(=O)Nc1ccccc1C(=O)N1CCOCC1)S(C)(=O)=O. The van der Waals surface area contributed by atoms with Crippen LogP contribution in [0, 0.1) is 0 Å². The van der Waals surface area contributed by atoms with Crippen LogP contribution in [0.25, 0.3) is 0 Å². The van der Waals surface area contributed by atoms with E-state index in [1.54, 1.807) is 35.2 Å². The minimum Gasteiger partial charge on any atom is -0.495 e. The molecule has 0 bridgehead atoms. The molecule has 2 amide bonds. The number of rotatable bonds is 7. The van der Waals surface area contributed by atoms with Crippen molar-refractivity contribution < 1.29 is 27.5 Å². The molecule has 0 saturated carbocycles. The molecule has 0 aromatic heterocycles. The average Bonchev–Trinajstić information content (AvgIpc) is 2.79. The molecule has 3 rings (SSSR count). The molecular formula is C22H26ClN3O6S. The van der Waals surface area contributed by atoms with Crippen molar-refractivity contribution in [2.75, 3.05) is 49.3 Å². The molecule has 1 N–H and O–H groups in total. The number of hydrogen-bond acceptors (Lipinski definition) is 6. The minimum absolute atomic E-state index is 0.132. The van der Waals surface area contributed by atoms with Gasteiger partial charge in [-0.2, -0.15) is 0 Å². The van der Waals surface area contributed by atoms with Crippen molar-refractivity contribution in [1.82, 2.24) is 4.90 Å². The summed E-state index contributed by atoms with van der Waals surface area (Å²) in [5.41, 5.74) is 0.733. The molecule has 9 nitrogen and oxygen atoms in total. The fraction of sp³-hybridized carbons (Fsp3) is 0.364. The number of amides is 2. The zero-order valence-electron chi connectivity index (χ0n) is 18.6. The lowest BCUT2D eigenvalue weighted by molar-refractivity contribution is -0.116. The molecule has 1 heterocycles. The first kappa shape index (κ1) is 24.8. The molecule has 0 radical (unpaired) electrons. The number of carbonyl (C=O) groups excluding carboxylic acids is 2. The largest absolute Gasteiger partial charge is 0.495 e. The zero-order valence-corrected chi connectivity index (χ0v) is 20.1. The smallest absolute Gasteiger partial charge is 0.256 e. The van der Waals surface area contributed by atoms with Gasteiger partial charge >= 0.3 is 0 Å². The van der Waals surface area contributed by atoms with Crippen LogP contribution >= 0.6 is 11.6 Å². The van der Waals surface area contributed by atoms with Crippen molar-refractivity contribution in [2.45, 2.75) is 13.0 Å². The van der Waals surface area contributed by atoms with Gasteiger partial charge in [0.1, 0.15) is 11.8 Å². The number of methoxy groups -OCH3 is 1. The fourth-order valence-corrected chi connectivity index (χ4v) is 4.91.